The minimum absolute atomic E-state index is 0.205. The molecule has 0 aliphatic rings. The summed E-state index contributed by atoms with van der Waals surface area (Å²) in [7, 11) is 5.42. The first kappa shape index (κ1) is 14.8. The van der Waals surface area contributed by atoms with Crippen LogP contribution in [0.4, 0.5) is 5.69 Å². The average Bonchev–Trinajstić information content (AvgIpc) is 2.44. The van der Waals surface area contributed by atoms with Crippen LogP contribution in [0.1, 0.15) is 13.3 Å². The molecular formula is C14H24N2O2. The van der Waals surface area contributed by atoms with Crippen LogP contribution in [-0.2, 0) is 4.74 Å². The van der Waals surface area contributed by atoms with Crippen LogP contribution in [0, 0.1) is 0 Å². The molecular weight excluding hydrogens is 228 g/mol. The number of ether oxygens (including phenoxy) is 2. The van der Waals surface area contributed by atoms with Gasteiger partial charge in [-0.25, -0.2) is 0 Å². The van der Waals surface area contributed by atoms with Gasteiger partial charge in [-0.05, 0) is 18.6 Å². The quantitative estimate of drug-likeness (QED) is 0.805. The average molecular weight is 252 g/mol. The second kappa shape index (κ2) is 6.61. The van der Waals surface area contributed by atoms with Crippen LogP contribution < -0.4 is 15.4 Å². The Hall–Kier alpha value is -1.26. The first-order chi connectivity index (χ1) is 8.65. The van der Waals surface area contributed by atoms with Gasteiger partial charge in [0.05, 0.1) is 24.9 Å². The van der Waals surface area contributed by atoms with Gasteiger partial charge in [0.25, 0.3) is 0 Å². The van der Waals surface area contributed by atoms with Crippen molar-refractivity contribution in [3.05, 3.63) is 24.3 Å². The zero-order valence-electron chi connectivity index (χ0n) is 11.8. The Morgan fingerprint density at radius 1 is 1.28 bits per heavy atom. The molecule has 2 N–H and O–H groups in total. The number of hydrogen-bond donors (Lipinski definition) is 1. The molecule has 102 valence electrons. The summed E-state index contributed by atoms with van der Waals surface area (Å²) in [6.45, 7) is 3.25. The number of para-hydroxylation sites is 2. The molecule has 0 amide bonds. The molecule has 0 fully saturated rings. The molecule has 0 bridgehead atoms. The summed E-state index contributed by atoms with van der Waals surface area (Å²) in [6, 6.07) is 7.95. The predicted octanol–water partition coefficient (Wildman–Crippen LogP) is 1.89. The normalized spacial score (nSPS) is 14.1. The molecule has 0 saturated heterocycles. The fraction of sp³-hybridized carbons (Fsp3) is 0.571. The number of benzene rings is 1. The van der Waals surface area contributed by atoms with Crippen molar-refractivity contribution >= 4 is 5.69 Å². The molecule has 4 heteroatoms. The lowest BCUT2D eigenvalue weighted by Gasteiger charge is -2.42. The monoisotopic (exact) mass is 252 g/mol. The Bertz CT molecular complexity index is 365. The first-order valence-corrected chi connectivity index (χ1v) is 6.21. The Labute approximate surface area is 110 Å². The van der Waals surface area contributed by atoms with Gasteiger partial charge in [0.15, 0.2) is 0 Å². The maximum absolute atomic E-state index is 5.97. The Morgan fingerprint density at radius 3 is 2.44 bits per heavy atom. The Balaban J connectivity index is 3.12. The highest BCUT2D eigenvalue weighted by molar-refractivity contribution is 5.59. The van der Waals surface area contributed by atoms with E-state index in [1.807, 2.05) is 31.3 Å². The number of hydrogen-bond acceptors (Lipinski definition) is 4. The van der Waals surface area contributed by atoms with Gasteiger partial charge >= 0.3 is 0 Å². The SMILES string of the molecule is CCC(CN)(COC)N(C)c1ccccc1OC. The molecule has 1 unspecified atom stereocenters. The van der Waals surface area contributed by atoms with Crippen molar-refractivity contribution in [3.8, 4) is 5.75 Å². The number of likely N-dealkylation sites (N-methyl/N-ethyl adjacent to an activating group) is 1. The van der Waals surface area contributed by atoms with Crippen molar-refractivity contribution < 1.29 is 9.47 Å². The van der Waals surface area contributed by atoms with E-state index in [9.17, 15) is 0 Å². The van der Waals surface area contributed by atoms with Crippen LogP contribution in [0.3, 0.4) is 0 Å². The summed E-state index contributed by atoms with van der Waals surface area (Å²) in [5.41, 5.74) is 6.80. The summed E-state index contributed by atoms with van der Waals surface area (Å²) in [5.74, 6) is 0.849. The molecule has 4 nitrogen and oxygen atoms in total. The summed E-state index contributed by atoms with van der Waals surface area (Å²) in [6.07, 6.45) is 0.909. The molecule has 0 aliphatic carbocycles. The van der Waals surface area contributed by atoms with Crippen molar-refractivity contribution in [1.82, 2.24) is 0 Å². The van der Waals surface area contributed by atoms with Gasteiger partial charge in [0, 0.05) is 20.7 Å². The highest BCUT2D eigenvalue weighted by Gasteiger charge is 2.33. The molecule has 1 atom stereocenters. The third-order valence-electron chi connectivity index (χ3n) is 3.61. The van der Waals surface area contributed by atoms with Crippen LogP contribution in [0.2, 0.25) is 0 Å². The van der Waals surface area contributed by atoms with Crippen LogP contribution in [-0.4, -0.2) is 40.0 Å². The molecule has 1 aromatic rings. The molecule has 1 aromatic carbocycles. The maximum Gasteiger partial charge on any atom is 0.142 e. The Kier molecular flexibility index (Phi) is 5.44. The van der Waals surface area contributed by atoms with Gasteiger partial charge < -0.3 is 20.1 Å². The standard InChI is InChI=1S/C14H24N2O2/c1-5-14(10-15,11-17-3)16(2)12-8-6-7-9-13(12)18-4/h6-9H,5,10-11,15H2,1-4H3. The summed E-state index contributed by atoms with van der Waals surface area (Å²) in [5, 5.41) is 0. The van der Waals surface area contributed by atoms with Crippen molar-refractivity contribution in [2.24, 2.45) is 5.73 Å². The van der Waals surface area contributed by atoms with E-state index < -0.39 is 0 Å². The lowest BCUT2D eigenvalue weighted by molar-refractivity contribution is 0.130. The summed E-state index contributed by atoms with van der Waals surface area (Å²) >= 11 is 0. The first-order valence-electron chi connectivity index (χ1n) is 6.21. The van der Waals surface area contributed by atoms with Gasteiger partial charge in [-0.1, -0.05) is 19.1 Å². The van der Waals surface area contributed by atoms with E-state index in [2.05, 4.69) is 11.8 Å². The van der Waals surface area contributed by atoms with E-state index in [1.54, 1.807) is 14.2 Å². The zero-order valence-corrected chi connectivity index (χ0v) is 11.8. The zero-order chi connectivity index (χ0) is 13.6. The smallest absolute Gasteiger partial charge is 0.142 e. The summed E-state index contributed by atoms with van der Waals surface area (Å²) < 4.78 is 10.7. The van der Waals surface area contributed by atoms with E-state index in [0.717, 1.165) is 17.9 Å². The van der Waals surface area contributed by atoms with Gasteiger partial charge in [0.1, 0.15) is 5.75 Å². The van der Waals surface area contributed by atoms with E-state index in [4.69, 9.17) is 15.2 Å². The van der Waals surface area contributed by atoms with Gasteiger partial charge in [0.2, 0.25) is 0 Å². The second-order valence-electron chi connectivity index (χ2n) is 4.45. The maximum atomic E-state index is 5.97. The minimum atomic E-state index is -0.205. The van der Waals surface area contributed by atoms with Gasteiger partial charge in [-0.3, -0.25) is 0 Å². The molecule has 0 radical (unpaired) electrons. The molecule has 1 rings (SSSR count). The second-order valence-corrected chi connectivity index (χ2v) is 4.45. The predicted molar refractivity (Wildman–Crippen MR) is 75.3 cm³/mol. The Morgan fingerprint density at radius 2 is 1.94 bits per heavy atom. The van der Waals surface area contributed by atoms with E-state index >= 15 is 0 Å². The van der Waals surface area contributed by atoms with Gasteiger partial charge in [-0.15, -0.1) is 0 Å². The fourth-order valence-electron chi connectivity index (χ4n) is 2.21. The number of methoxy groups -OCH3 is 2. The summed E-state index contributed by atoms with van der Waals surface area (Å²) in [4.78, 5) is 2.16. The number of nitrogens with two attached hydrogens (primary N) is 1. The minimum Gasteiger partial charge on any atom is -0.495 e. The van der Waals surface area contributed by atoms with E-state index in [-0.39, 0.29) is 5.54 Å². The molecule has 0 aromatic heterocycles. The van der Waals surface area contributed by atoms with Crippen LogP contribution >= 0.6 is 0 Å². The number of nitrogens with zero attached hydrogens (tertiary/aromatic N) is 1. The van der Waals surface area contributed by atoms with E-state index in [1.165, 1.54) is 0 Å². The molecule has 0 heterocycles. The van der Waals surface area contributed by atoms with Crippen molar-refractivity contribution in [2.45, 2.75) is 18.9 Å². The van der Waals surface area contributed by atoms with Crippen molar-refractivity contribution in [3.63, 3.8) is 0 Å². The van der Waals surface area contributed by atoms with Gasteiger partial charge in [-0.2, -0.15) is 0 Å². The van der Waals surface area contributed by atoms with Crippen molar-refractivity contribution in [2.75, 3.05) is 39.3 Å². The third kappa shape index (κ3) is 2.76. The van der Waals surface area contributed by atoms with Crippen LogP contribution in [0.25, 0.3) is 0 Å². The molecule has 0 saturated carbocycles. The largest absolute Gasteiger partial charge is 0.495 e. The number of rotatable bonds is 7. The highest BCUT2D eigenvalue weighted by atomic mass is 16.5. The van der Waals surface area contributed by atoms with Crippen molar-refractivity contribution in [1.29, 1.82) is 0 Å². The van der Waals surface area contributed by atoms with Crippen LogP contribution in [0.15, 0.2) is 24.3 Å². The number of anilines is 1. The lowest BCUT2D eigenvalue weighted by Crippen LogP contribution is -2.55. The third-order valence-corrected chi connectivity index (χ3v) is 3.61. The van der Waals surface area contributed by atoms with E-state index in [0.29, 0.717) is 13.2 Å². The fourth-order valence-corrected chi connectivity index (χ4v) is 2.21. The lowest BCUT2D eigenvalue weighted by atomic mass is 9.94. The molecule has 0 spiro atoms. The topological polar surface area (TPSA) is 47.7 Å². The van der Waals surface area contributed by atoms with Crippen LogP contribution in [0.5, 0.6) is 5.75 Å². The molecule has 18 heavy (non-hydrogen) atoms. The highest BCUT2D eigenvalue weighted by Crippen LogP contribution is 2.32. The molecule has 0 aliphatic heterocycles.